The Morgan fingerprint density at radius 3 is 3.08 bits per heavy atom. The Labute approximate surface area is 150 Å². The van der Waals surface area contributed by atoms with Crippen LogP contribution in [0, 0.1) is 6.92 Å². The van der Waals surface area contributed by atoms with Crippen molar-refractivity contribution in [2.75, 3.05) is 18.4 Å². The molecule has 0 aromatic carbocycles. The molecule has 0 amide bonds. The van der Waals surface area contributed by atoms with Gasteiger partial charge >= 0.3 is 0 Å². The first-order valence-corrected chi connectivity index (χ1v) is 8.80. The molecule has 26 heavy (non-hydrogen) atoms. The Hall–Kier alpha value is -2.68. The maximum Gasteiger partial charge on any atom is 0.232 e. The summed E-state index contributed by atoms with van der Waals surface area (Å²) >= 11 is 0. The molecule has 2 atom stereocenters. The quantitative estimate of drug-likeness (QED) is 0.647. The predicted octanol–water partition coefficient (Wildman–Crippen LogP) is 2.31. The van der Waals surface area contributed by atoms with E-state index in [9.17, 15) is 4.39 Å². The van der Waals surface area contributed by atoms with Crippen LogP contribution in [0.4, 0.5) is 16.0 Å². The molecule has 0 saturated carbocycles. The number of hydrogen-bond acceptors (Lipinski definition) is 6. The topological polar surface area (TPSA) is 92.7 Å². The molecule has 3 aromatic rings. The maximum atomic E-state index is 14.2. The highest BCUT2D eigenvalue weighted by Crippen LogP contribution is 2.29. The molecule has 4 heterocycles. The average Bonchev–Trinajstić information content (AvgIpc) is 3.24. The van der Waals surface area contributed by atoms with Crippen LogP contribution in [-0.4, -0.2) is 50.1 Å². The molecule has 1 aliphatic heterocycles. The Morgan fingerprint density at radius 1 is 1.42 bits per heavy atom. The Kier molecular flexibility index (Phi) is 4.46. The summed E-state index contributed by atoms with van der Waals surface area (Å²) in [5.74, 6) is 0.764. The number of hydrogen-bond donors (Lipinski definition) is 3. The molecule has 3 N–H and O–H groups in total. The lowest BCUT2D eigenvalue weighted by Crippen LogP contribution is -2.45. The lowest BCUT2D eigenvalue weighted by atomic mass is 10.1. The summed E-state index contributed by atoms with van der Waals surface area (Å²) in [6.45, 7) is 5.86. The van der Waals surface area contributed by atoms with E-state index < -0.39 is 12.3 Å². The molecule has 0 spiro atoms. The van der Waals surface area contributed by atoms with E-state index in [2.05, 4.69) is 30.7 Å². The van der Waals surface area contributed by atoms with Gasteiger partial charge in [-0.3, -0.25) is 4.68 Å². The highest BCUT2D eigenvalue weighted by atomic mass is 19.1. The summed E-state index contributed by atoms with van der Waals surface area (Å²) < 4.78 is 22.0. The standard InChI is InChI=1S/C17H22FN7O/c1-3-25-9-11(7-21-25)22-17-23-15-14(10(2)6-20-15)16(24-17)26-13-8-19-5-4-12(13)18/h6-7,9,12-13,19H,3-5,8H2,1-2H3,(H2,20,22,23,24)/t12-,13+/m1/s1. The number of fused-ring (bicyclic) bond motifs is 1. The van der Waals surface area contributed by atoms with Crippen LogP contribution < -0.4 is 15.4 Å². The van der Waals surface area contributed by atoms with Crippen LogP contribution in [0.1, 0.15) is 18.9 Å². The molecule has 4 rings (SSSR count). The number of aryl methyl sites for hydroxylation is 2. The van der Waals surface area contributed by atoms with Crippen molar-refractivity contribution in [2.45, 2.75) is 39.1 Å². The van der Waals surface area contributed by atoms with Gasteiger partial charge in [0.05, 0.1) is 17.3 Å². The number of rotatable bonds is 5. The number of nitrogens with one attached hydrogen (secondary N) is 3. The molecule has 0 radical (unpaired) electrons. The van der Waals surface area contributed by atoms with E-state index in [0.717, 1.165) is 23.2 Å². The second kappa shape index (κ2) is 6.91. The molecule has 8 nitrogen and oxygen atoms in total. The third-order valence-electron chi connectivity index (χ3n) is 4.52. The van der Waals surface area contributed by atoms with Gasteiger partial charge in [0.1, 0.15) is 17.9 Å². The van der Waals surface area contributed by atoms with E-state index in [4.69, 9.17) is 4.74 Å². The summed E-state index contributed by atoms with van der Waals surface area (Å²) in [6, 6.07) is 0. The van der Waals surface area contributed by atoms with Crippen LogP contribution in [0.15, 0.2) is 18.6 Å². The molecule has 138 valence electrons. The molecule has 1 saturated heterocycles. The number of aromatic amines is 1. The summed E-state index contributed by atoms with van der Waals surface area (Å²) in [5.41, 5.74) is 2.39. The largest absolute Gasteiger partial charge is 0.469 e. The first-order valence-electron chi connectivity index (χ1n) is 8.80. The highest BCUT2D eigenvalue weighted by Gasteiger charge is 2.28. The monoisotopic (exact) mass is 359 g/mol. The number of alkyl halides is 1. The fourth-order valence-electron chi connectivity index (χ4n) is 3.08. The third-order valence-corrected chi connectivity index (χ3v) is 4.52. The number of anilines is 2. The molecule has 1 aliphatic rings. The van der Waals surface area contributed by atoms with Crippen molar-refractivity contribution in [3.63, 3.8) is 0 Å². The molecule has 1 fully saturated rings. The molecule has 9 heteroatoms. The van der Waals surface area contributed by atoms with Gasteiger partial charge in [-0.1, -0.05) is 0 Å². The van der Waals surface area contributed by atoms with Crippen LogP contribution in [-0.2, 0) is 6.54 Å². The van der Waals surface area contributed by atoms with Crippen LogP contribution in [0.25, 0.3) is 11.0 Å². The van der Waals surface area contributed by atoms with Crippen LogP contribution in [0.5, 0.6) is 5.88 Å². The zero-order valence-electron chi connectivity index (χ0n) is 14.8. The van der Waals surface area contributed by atoms with Gasteiger partial charge in [0, 0.05) is 25.5 Å². The van der Waals surface area contributed by atoms with Gasteiger partial charge in [0.25, 0.3) is 0 Å². The normalized spacial score (nSPS) is 20.4. The van der Waals surface area contributed by atoms with Crippen LogP contribution >= 0.6 is 0 Å². The lowest BCUT2D eigenvalue weighted by molar-refractivity contribution is 0.0722. The van der Waals surface area contributed by atoms with Gasteiger partial charge in [0.15, 0.2) is 0 Å². The van der Waals surface area contributed by atoms with Gasteiger partial charge in [0.2, 0.25) is 11.8 Å². The van der Waals surface area contributed by atoms with E-state index in [-0.39, 0.29) is 0 Å². The molecule has 0 bridgehead atoms. The number of piperidine rings is 1. The van der Waals surface area contributed by atoms with E-state index in [1.165, 1.54) is 0 Å². The highest BCUT2D eigenvalue weighted by molar-refractivity contribution is 5.86. The van der Waals surface area contributed by atoms with Crippen LogP contribution in [0.2, 0.25) is 0 Å². The summed E-state index contributed by atoms with van der Waals surface area (Å²) in [6.07, 6.45) is 4.28. The minimum Gasteiger partial charge on any atom is -0.469 e. The van der Waals surface area contributed by atoms with Crippen LogP contribution in [0.3, 0.4) is 0 Å². The average molecular weight is 359 g/mol. The number of halogens is 1. The molecule has 0 unspecified atom stereocenters. The van der Waals surface area contributed by atoms with Crippen molar-refractivity contribution in [1.29, 1.82) is 0 Å². The van der Waals surface area contributed by atoms with E-state index in [1.807, 2.05) is 26.2 Å². The van der Waals surface area contributed by atoms with Crippen molar-refractivity contribution in [3.8, 4) is 5.88 Å². The Balaban J connectivity index is 1.66. The predicted molar refractivity (Wildman–Crippen MR) is 96.6 cm³/mol. The minimum atomic E-state index is -1.01. The van der Waals surface area contributed by atoms with E-state index >= 15 is 0 Å². The Morgan fingerprint density at radius 2 is 2.31 bits per heavy atom. The second-order valence-electron chi connectivity index (χ2n) is 6.42. The SMILES string of the molecule is CCn1cc(Nc2nc(O[C@H]3CNCC[C@H]3F)c3c(C)c[nH]c3n2)cn1. The maximum absolute atomic E-state index is 14.2. The van der Waals surface area contributed by atoms with Gasteiger partial charge in [-0.05, 0) is 32.4 Å². The molecule has 3 aromatic heterocycles. The second-order valence-corrected chi connectivity index (χ2v) is 6.42. The third kappa shape index (κ3) is 3.22. The minimum absolute atomic E-state index is 0.379. The first kappa shape index (κ1) is 16.8. The van der Waals surface area contributed by atoms with Gasteiger partial charge in [-0.25, -0.2) is 4.39 Å². The van der Waals surface area contributed by atoms with Crippen molar-refractivity contribution in [3.05, 3.63) is 24.2 Å². The van der Waals surface area contributed by atoms with Gasteiger partial charge in [-0.15, -0.1) is 0 Å². The van der Waals surface area contributed by atoms with Gasteiger partial charge < -0.3 is 20.4 Å². The van der Waals surface area contributed by atoms with E-state index in [1.54, 1.807) is 10.9 Å². The number of H-pyrrole nitrogens is 1. The molecule has 0 aliphatic carbocycles. The summed E-state index contributed by atoms with van der Waals surface area (Å²) in [4.78, 5) is 12.1. The number of ether oxygens (including phenoxy) is 1. The van der Waals surface area contributed by atoms with Crippen molar-refractivity contribution < 1.29 is 9.13 Å². The number of nitrogens with zero attached hydrogens (tertiary/aromatic N) is 4. The zero-order chi connectivity index (χ0) is 18.1. The van der Waals surface area contributed by atoms with Crippen molar-refractivity contribution in [2.24, 2.45) is 0 Å². The fourth-order valence-corrected chi connectivity index (χ4v) is 3.08. The summed E-state index contributed by atoms with van der Waals surface area (Å²) in [5, 5.41) is 11.3. The molecular weight excluding hydrogens is 337 g/mol. The zero-order valence-corrected chi connectivity index (χ0v) is 14.8. The summed E-state index contributed by atoms with van der Waals surface area (Å²) in [7, 11) is 0. The number of aromatic nitrogens is 5. The van der Waals surface area contributed by atoms with Crippen molar-refractivity contribution in [1.82, 2.24) is 30.0 Å². The Bertz CT molecular complexity index is 906. The fraction of sp³-hybridized carbons (Fsp3) is 0.471. The first-order chi connectivity index (χ1) is 12.6. The van der Waals surface area contributed by atoms with E-state index in [0.29, 0.717) is 37.0 Å². The smallest absolute Gasteiger partial charge is 0.232 e. The van der Waals surface area contributed by atoms with Crippen molar-refractivity contribution >= 4 is 22.7 Å². The van der Waals surface area contributed by atoms with Gasteiger partial charge in [-0.2, -0.15) is 15.1 Å². The molecular formula is C17H22FN7O. The lowest BCUT2D eigenvalue weighted by Gasteiger charge is -2.27.